The average molecular weight is 550 g/mol. The molecule has 10 heteroatoms. The first-order chi connectivity index (χ1) is 14.5. The van der Waals surface area contributed by atoms with Gasteiger partial charge in [-0.3, -0.25) is 0 Å². The standard InChI is InChI=1S/C21H35IN4O5/c1-7-14(4)17(20(28)24-16-10-8-9-11-23-16)25-19(27)15(12-13(2)3)18(22(5)6)26(31)21(29)30/h8-11,13-15,17-18,31H,7,12H2,1-6H3,(H,25,27)(H,29,30)(H,23,24,28)/t14-,15?,17-,18+/m0/s1. The van der Waals surface area contributed by atoms with Crippen LogP contribution in [0, 0.1) is 17.8 Å². The van der Waals surface area contributed by atoms with Crippen molar-refractivity contribution in [3.05, 3.63) is 24.4 Å². The van der Waals surface area contributed by atoms with Gasteiger partial charge in [-0.2, -0.15) is 0 Å². The fourth-order valence-electron chi connectivity index (χ4n) is 3.22. The summed E-state index contributed by atoms with van der Waals surface area (Å²) >= 11 is -2.00. The van der Waals surface area contributed by atoms with E-state index in [4.69, 9.17) is 0 Å². The third-order valence-electron chi connectivity index (χ3n) is 4.98. The summed E-state index contributed by atoms with van der Waals surface area (Å²) in [4.78, 5) is 45.6. The molecular formula is C21H35IN4O5. The first-order valence-corrected chi connectivity index (χ1v) is 15.8. The molecule has 4 N–H and O–H groups in total. The molecule has 31 heavy (non-hydrogen) atoms. The van der Waals surface area contributed by atoms with Crippen molar-refractivity contribution in [3.63, 3.8) is 0 Å². The number of hydroxylamine groups is 2. The van der Waals surface area contributed by atoms with Crippen molar-refractivity contribution in [3.8, 4) is 0 Å². The predicted molar refractivity (Wildman–Crippen MR) is 129 cm³/mol. The van der Waals surface area contributed by atoms with E-state index in [-0.39, 0.29) is 22.8 Å². The van der Waals surface area contributed by atoms with Crippen LogP contribution in [-0.2, 0) is 9.59 Å². The van der Waals surface area contributed by atoms with Crippen molar-refractivity contribution in [2.24, 2.45) is 17.8 Å². The van der Waals surface area contributed by atoms with E-state index < -0.39 is 47.8 Å². The van der Waals surface area contributed by atoms with Crippen LogP contribution in [0.1, 0.15) is 40.5 Å². The minimum atomic E-state index is -2.00. The van der Waals surface area contributed by atoms with Crippen LogP contribution < -0.4 is 10.6 Å². The van der Waals surface area contributed by atoms with Crippen molar-refractivity contribution in [2.45, 2.75) is 50.6 Å². The van der Waals surface area contributed by atoms with Crippen molar-refractivity contribution >= 4 is 43.5 Å². The Hall–Kier alpha value is -1.95. The summed E-state index contributed by atoms with van der Waals surface area (Å²) in [6.07, 6.45) is 1.13. The van der Waals surface area contributed by atoms with Gasteiger partial charge in [0.15, 0.2) is 0 Å². The van der Waals surface area contributed by atoms with Crippen LogP contribution in [0.3, 0.4) is 0 Å². The molecule has 0 aromatic carbocycles. The third-order valence-corrected chi connectivity index (χ3v) is 8.93. The molecule has 1 heterocycles. The van der Waals surface area contributed by atoms with Gasteiger partial charge in [-0.05, 0) is 0 Å². The van der Waals surface area contributed by atoms with Gasteiger partial charge in [0.1, 0.15) is 0 Å². The van der Waals surface area contributed by atoms with E-state index in [0.717, 1.165) is 0 Å². The van der Waals surface area contributed by atoms with Crippen LogP contribution in [-0.4, -0.2) is 58.2 Å². The van der Waals surface area contributed by atoms with Gasteiger partial charge in [0.25, 0.3) is 0 Å². The Morgan fingerprint density at radius 3 is 2.26 bits per heavy atom. The SMILES string of the molecule is CC[C@H](C)[C@H](NC(=O)C(CC(C)C)[C@@H](N(O)C(=O)O)I(C)C)C(=O)Nc1ccccn1. The zero-order chi connectivity index (χ0) is 23.7. The van der Waals surface area contributed by atoms with Crippen molar-refractivity contribution < 1.29 is 24.7 Å². The number of carbonyl (C=O) groups excluding carboxylic acids is 2. The van der Waals surface area contributed by atoms with E-state index in [0.29, 0.717) is 18.7 Å². The molecule has 0 bridgehead atoms. The average Bonchev–Trinajstić information content (AvgIpc) is 2.70. The second-order valence-corrected chi connectivity index (χ2v) is 14.1. The van der Waals surface area contributed by atoms with Crippen LogP contribution in [0.15, 0.2) is 24.4 Å². The molecule has 0 saturated heterocycles. The molecule has 0 aliphatic carbocycles. The summed E-state index contributed by atoms with van der Waals surface area (Å²) in [5.41, 5.74) is 0. The molecule has 1 aromatic heterocycles. The second kappa shape index (κ2) is 12.8. The first kappa shape index (κ1) is 27.1. The van der Waals surface area contributed by atoms with Gasteiger partial charge in [0.2, 0.25) is 0 Å². The molecule has 0 aliphatic heterocycles. The number of hydrogen-bond donors (Lipinski definition) is 4. The van der Waals surface area contributed by atoms with Crippen molar-refractivity contribution in [2.75, 3.05) is 15.2 Å². The number of carboxylic acid groups (broad SMARTS) is 1. The Bertz CT molecular complexity index is 732. The van der Waals surface area contributed by atoms with Gasteiger partial charge in [0, 0.05) is 0 Å². The summed E-state index contributed by atoms with van der Waals surface area (Å²) in [5.74, 6) is -1.24. The first-order valence-electron chi connectivity index (χ1n) is 10.2. The topological polar surface area (TPSA) is 132 Å². The molecule has 176 valence electrons. The Morgan fingerprint density at radius 1 is 1.16 bits per heavy atom. The molecular weight excluding hydrogens is 515 g/mol. The minimum absolute atomic E-state index is 0.0978. The number of nitrogens with zero attached hydrogens (tertiary/aromatic N) is 2. The number of alkyl halides is 3. The van der Waals surface area contributed by atoms with Gasteiger partial charge in [-0.1, -0.05) is 0 Å². The van der Waals surface area contributed by atoms with E-state index in [1.165, 1.54) is 0 Å². The number of aromatic nitrogens is 1. The number of rotatable bonds is 11. The predicted octanol–water partition coefficient (Wildman–Crippen LogP) is 3.67. The molecule has 0 fully saturated rings. The fraction of sp³-hybridized carbons (Fsp3) is 0.619. The maximum absolute atomic E-state index is 13.3. The monoisotopic (exact) mass is 550 g/mol. The molecule has 1 aromatic rings. The van der Waals surface area contributed by atoms with Crippen molar-refractivity contribution in [1.82, 2.24) is 15.4 Å². The summed E-state index contributed by atoms with van der Waals surface area (Å²) in [5, 5.41) is 25.4. The number of halogens is 1. The normalized spacial score (nSPS) is 15.4. The van der Waals surface area contributed by atoms with E-state index in [2.05, 4.69) is 15.6 Å². The van der Waals surface area contributed by atoms with Crippen LogP contribution in [0.25, 0.3) is 0 Å². The molecule has 1 unspecified atom stereocenters. The Kier molecular flexibility index (Phi) is 11.2. The number of amides is 3. The van der Waals surface area contributed by atoms with Crippen LogP contribution in [0.4, 0.5) is 10.6 Å². The molecule has 0 saturated carbocycles. The molecule has 1 rings (SSSR count). The Balaban J connectivity index is 3.16. The van der Waals surface area contributed by atoms with Gasteiger partial charge in [0.05, 0.1) is 0 Å². The second-order valence-electron chi connectivity index (χ2n) is 8.13. The quantitative estimate of drug-likeness (QED) is 0.109. The summed E-state index contributed by atoms with van der Waals surface area (Å²) in [6.45, 7) is 7.66. The van der Waals surface area contributed by atoms with E-state index >= 15 is 0 Å². The van der Waals surface area contributed by atoms with Gasteiger partial charge >= 0.3 is 192 Å². The summed E-state index contributed by atoms with van der Waals surface area (Å²) < 4.78 is -0.791. The number of carbonyl (C=O) groups is 3. The maximum atomic E-state index is 13.3. The van der Waals surface area contributed by atoms with Gasteiger partial charge in [-0.15, -0.1) is 0 Å². The summed E-state index contributed by atoms with van der Waals surface area (Å²) in [7, 11) is 0. The molecule has 3 amide bonds. The molecule has 0 spiro atoms. The van der Waals surface area contributed by atoms with E-state index in [1.54, 1.807) is 24.4 Å². The number of hydrogen-bond acceptors (Lipinski definition) is 5. The molecule has 0 aliphatic rings. The van der Waals surface area contributed by atoms with Gasteiger partial charge in [-0.25, -0.2) is 0 Å². The van der Waals surface area contributed by atoms with Crippen LogP contribution in [0.5, 0.6) is 0 Å². The molecule has 4 atom stereocenters. The van der Waals surface area contributed by atoms with E-state index in [1.807, 2.05) is 37.6 Å². The number of anilines is 1. The Labute approximate surface area is 191 Å². The number of pyridine rings is 1. The van der Waals surface area contributed by atoms with Crippen LogP contribution >= 0.6 is 19.8 Å². The van der Waals surface area contributed by atoms with Crippen molar-refractivity contribution in [1.29, 1.82) is 0 Å². The van der Waals surface area contributed by atoms with Crippen LogP contribution in [0.2, 0.25) is 0 Å². The third kappa shape index (κ3) is 8.24. The fourth-order valence-corrected chi connectivity index (χ4v) is 6.87. The summed E-state index contributed by atoms with van der Waals surface area (Å²) in [6, 6.07) is 4.33. The Morgan fingerprint density at radius 2 is 1.81 bits per heavy atom. The zero-order valence-corrected chi connectivity index (χ0v) is 21.2. The number of nitrogens with one attached hydrogen (secondary N) is 2. The molecule has 9 nitrogen and oxygen atoms in total. The van der Waals surface area contributed by atoms with Gasteiger partial charge < -0.3 is 0 Å². The zero-order valence-electron chi connectivity index (χ0n) is 19.0. The molecule has 0 radical (unpaired) electrons. The van der Waals surface area contributed by atoms with E-state index in [9.17, 15) is 24.7 Å².